The first-order chi connectivity index (χ1) is 14.1. The van der Waals surface area contributed by atoms with Crippen LogP contribution in [0.15, 0.2) is 72.8 Å². The number of ether oxygens (including phenoxy) is 1. The van der Waals surface area contributed by atoms with E-state index in [-0.39, 0.29) is 11.1 Å². The highest BCUT2D eigenvalue weighted by Crippen LogP contribution is 2.30. The van der Waals surface area contributed by atoms with Gasteiger partial charge in [0.05, 0.1) is 12.7 Å². The summed E-state index contributed by atoms with van der Waals surface area (Å²) < 4.78 is 69.9. The number of para-hydroxylation sites is 1. The minimum Gasteiger partial charge on any atom is -0.497 e. The molecule has 0 heterocycles. The summed E-state index contributed by atoms with van der Waals surface area (Å²) in [6.07, 6.45) is 0. The second-order valence-corrected chi connectivity index (χ2v) is 7.66. The van der Waals surface area contributed by atoms with Crippen molar-refractivity contribution in [3.8, 4) is 22.6 Å². The van der Waals surface area contributed by atoms with Gasteiger partial charge in [-0.25, -0.2) is 0 Å². The van der Waals surface area contributed by atoms with Crippen LogP contribution in [-0.4, -0.2) is 26.8 Å². The summed E-state index contributed by atoms with van der Waals surface area (Å²) in [4.78, 5) is 12.8. The Morgan fingerprint density at radius 3 is 2.17 bits per heavy atom. The smallest absolute Gasteiger partial charge is 0.497 e. The topological polar surface area (TPSA) is 69.7 Å². The maximum atomic E-state index is 12.8. The van der Waals surface area contributed by atoms with Crippen LogP contribution < -0.4 is 8.92 Å². The molecule has 0 radical (unpaired) electrons. The van der Waals surface area contributed by atoms with Gasteiger partial charge in [-0.2, -0.15) is 21.6 Å². The van der Waals surface area contributed by atoms with Crippen LogP contribution in [0.25, 0.3) is 11.1 Å². The zero-order valence-electron chi connectivity index (χ0n) is 15.5. The minimum absolute atomic E-state index is 0.155. The molecular formula is C21H15F3O5S. The van der Waals surface area contributed by atoms with Crippen molar-refractivity contribution in [2.45, 2.75) is 5.51 Å². The molecule has 0 saturated heterocycles. The van der Waals surface area contributed by atoms with Crippen molar-refractivity contribution in [2.75, 3.05) is 7.11 Å². The lowest BCUT2D eigenvalue weighted by atomic mass is 9.99. The van der Waals surface area contributed by atoms with Crippen LogP contribution in [0.3, 0.4) is 0 Å². The molecule has 0 unspecified atom stereocenters. The van der Waals surface area contributed by atoms with E-state index < -0.39 is 27.2 Å². The highest BCUT2D eigenvalue weighted by Gasteiger charge is 2.48. The SMILES string of the molecule is COc1cccc(-c2ccc(C(=O)c3ccccc3OS(=O)(=O)C(F)(F)F)cc2)c1. The third kappa shape index (κ3) is 4.46. The van der Waals surface area contributed by atoms with Gasteiger partial charge in [0.25, 0.3) is 0 Å². The molecule has 0 spiro atoms. The van der Waals surface area contributed by atoms with Gasteiger partial charge in [-0.3, -0.25) is 4.79 Å². The van der Waals surface area contributed by atoms with Gasteiger partial charge in [0.1, 0.15) is 5.75 Å². The predicted octanol–water partition coefficient (Wildman–Crippen LogP) is 4.82. The molecule has 5 nitrogen and oxygen atoms in total. The first kappa shape index (κ1) is 21.4. The van der Waals surface area contributed by atoms with Crippen molar-refractivity contribution in [3.63, 3.8) is 0 Å². The molecule has 0 aliphatic rings. The first-order valence-electron chi connectivity index (χ1n) is 8.51. The third-order valence-corrected chi connectivity index (χ3v) is 5.13. The number of halogens is 3. The van der Waals surface area contributed by atoms with E-state index in [4.69, 9.17) is 4.74 Å². The van der Waals surface area contributed by atoms with Crippen LogP contribution in [0.4, 0.5) is 13.2 Å². The maximum absolute atomic E-state index is 12.8. The summed E-state index contributed by atoms with van der Waals surface area (Å²) in [7, 11) is -4.36. The molecule has 3 aromatic rings. The van der Waals surface area contributed by atoms with Crippen molar-refractivity contribution in [1.82, 2.24) is 0 Å². The van der Waals surface area contributed by atoms with Crippen molar-refractivity contribution in [2.24, 2.45) is 0 Å². The number of hydrogen-bond donors (Lipinski definition) is 0. The molecule has 0 aromatic heterocycles. The maximum Gasteiger partial charge on any atom is 0.534 e. The van der Waals surface area contributed by atoms with Gasteiger partial charge in [-0.1, -0.05) is 48.5 Å². The van der Waals surface area contributed by atoms with Gasteiger partial charge in [0.15, 0.2) is 11.5 Å². The van der Waals surface area contributed by atoms with Crippen molar-refractivity contribution in [3.05, 3.63) is 83.9 Å². The lowest BCUT2D eigenvalue weighted by molar-refractivity contribution is -0.0500. The Balaban J connectivity index is 1.91. The number of benzene rings is 3. The number of alkyl halides is 3. The van der Waals surface area contributed by atoms with E-state index in [2.05, 4.69) is 4.18 Å². The molecule has 156 valence electrons. The highest BCUT2D eigenvalue weighted by atomic mass is 32.2. The van der Waals surface area contributed by atoms with Crippen LogP contribution in [0, 0.1) is 0 Å². The molecule has 3 rings (SSSR count). The summed E-state index contributed by atoms with van der Waals surface area (Å²) in [5.41, 5.74) is -4.13. The monoisotopic (exact) mass is 436 g/mol. The lowest BCUT2D eigenvalue weighted by Crippen LogP contribution is -2.28. The van der Waals surface area contributed by atoms with Gasteiger partial charge >= 0.3 is 15.6 Å². The van der Waals surface area contributed by atoms with Crippen molar-refractivity contribution >= 4 is 15.9 Å². The standard InChI is InChI=1S/C21H15F3O5S/c1-28-17-6-4-5-16(13-17)14-9-11-15(12-10-14)20(25)18-7-2-3-8-19(18)29-30(26,27)21(22,23)24/h2-13H,1H3. The van der Waals surface area contributed by atoms with Gasteiger partial charge in [-0.05, 0) is 35.4 Å². The van der Waals surface area contributed by atoms with Gasteiger partial charge in [0, 0.05) is 5.56 Å². The predicted molar refractivity (Wildman–Crippen MR) is 104 cm³/mol. The van der Waals surface area contributed by atoms with E-state index in [1.54, 1.807) is 25.3 Å². The molecule has 0 atom stereocenters. The van der Waals surface area contributed by atoms with Crippen LogP contribution >= 0.6 is 0 Å². The number of rotatable bonds is 6. The van der Waals surface area contributed by atoms with Crippen LogP contribution in [0.5, 0.6) is 11.5 Å². The first-order valence-corrected chi connectivity index (χ1v) is 9.92. The van der Waals surface area contributed by atoms with Gasteiger partial charge in [0.2, 0.25) is 0 Å². The molecule has 0 aliphatic heterocycles. The second kappa shape index (κ2) is 8.19. The number of hydrogen-bond acceptors (Lipinski definition) is 5. The molecule has 3 aromatic carbocycles. The Morgan fingerprint density at radius 1 is 0.867 bits per heavy atom. The molecule has 0 N–H and O–H groups in total. The molecular weight excluding hydrogens is 421 g/mol. The molecule has 0 fully saturated rings. The summed E-state index contributed by atoms with van der Waals surface area (Å²) in [5, 5.41) is 0. The lowest BCUT2D eigenvalue weighted by Gasteiger charge is -2.12. The molecule has 0 amide bonds. The number of carbonyl (C=O) groups excluding carboxylic acids is 1. The average molecular weight is 436 g/mol. The minimum atomic E-state index is -5.90. The average Bonchev–Trinajstić information content (AvgIpc) is 2.73. The Hall–Kier alpha value is -3.33. The molecule has 0 bridgehead atoms. The summed E-state index contributed by atoms with van der Waals surface area (Å²) in [6, 6.07) is 18.4. The molecule has 30 heavy (non-hydrogen) atoms. The summed E-state index contributed by atoms with van der Waals surface area (Å²) in [5.74, 6) is -0.721. The fourth-order valence-electron chi connectivity index (χ4n) is 2.66. The van der Waals surface area contributed by atoms with E-state index in [1.807, 2.05) is 18.2 Å². The van der Waals surface area contributed by atoms with Crippen molar-refractivity contribution < 1.29 is 35.3 Å². The molecule has 9 heteroatoms. The van der Waals surface area contributed by atoms with E-state index in [0.29, 0.717) is 5.75 Å². The number of methoxy groups -OCH3 is 1. The zero-order chi connectivity index (χ0) is 21.9. The van der Waals surface area contributed by atoms with Gasteiger partial charge < -0.3 is 8.92 Å². The third-order valence-electron chi connectivity index (χ3n) is 4.16. The fraction of sp³-hybridized carbons (Fsp3) is 0.0952. The van der Waals surface area contributed by atoms with E-state index in [0.717, 1.165) is 17.2 Å². The zero-order valence-corrected chi connectivity index (χ0v) is 16.3. The highest BCUT2D eigenvalue weighted by molar-refractivity contribution is 7.88. The quantitative estimate of drug-likeness (QED) is 0.315. The van der Waals surface area contributed by atoms with E-state index in [1.165, 1.54) is 30.3 Å². The normalized spacial score (nSPS) is 11.7. The van der Waals surface area contributed by atoms with Crippen molar-refractivity contribution in [1.29, 1.82) is 0 Å². The summed E-state index contributed by atoms with van der Waals surface area (Å²) >= 11 is 0. The van der Waals surface area contributed by atoms with Crippen LogP contribution in [0.2, 0.25) is 0 Å². The van der Waals surface area contributed by atoms with Crippen LogP contribution in [0.1, 0.15) is 15.9 Å². The Morgan fingerprint density at radius 2 is 1.53 bits per heavy atom. The van der Waals surface area contributed by atoms with E-state index in [9.17, 15) is 26.4 Å². The molecule has 0 aliphatic carbocycles. The molecule has 0 saturated carbocycles. The number of ketones is 1. The van der Waals surface area contributed by atoms with E-state index >= 15 is 0 Å². The largest absolute Gasteiger partial charge is 0.534 e. The second-order valence-electron chi connectivity index (χ2n) is 6.12. The number of carbonyl (C=O) groups is 1. The Labute approximate surface area is 170 Å². The Kier molecular flexibility index (Phi) is 5.84. The van der Waals surface area contributed by atoms with Crippen LogP contribution in [-0.2, 0) is 10.1 Å². The fourth-order valence-corrected chi connectivity index (χ4v) is 3.14. The summed E-state index contributed by atoms with van der Waals surface area (Å²) in [6.45, 7) is 0. The van der Waals surface area contributed by atoms with Gasteiger partial charge in [-0.15, -0.1) is 0 Å². The Bertz CT molecular complexity index is 1170.